The monoisotopic (exact) mass is 155 g/mol. The van der Waals surface area contributed by atoms with Gasteiger partial charge in [-0.15, -0.1) is 0 Å². The summed E-state index contributed by atoms with van der Waals surface area (Å²) in [5.74, 6) is 0.597. The highest BCUT2D eigenvalue weighted by Gasteiger charge is 2.27. The van der Waals surface area contributed by atoms with E-state index in [2.05, 4.69) is 46.5 Å². The van der Waals surface area contributed by atoms with Crippen molar-refractivity contribution in [3.8, 4) is 0 Å². The Morgan fingerprint density at radius 3 is 2.09 bits per heavy atom. The van der Waals surface area contributed by atoms with Crippen LogP contribution < -0.4 is 5.32 Å². The van der Waals surface area contributed by atoms with E-state index in [0.717, 1.165) is 6.54 Å². The van der Waals surface area contributed by atoms with Crippen LogP contribution in [-0.2, 0) is 0 Å². The van der Waals surface area contributed by atoms with Gasteiger partial charge in [0.25, 0.3) is 0 Å². The predicted octanol–water partition coefficient (Wildman–Crippen LogP) is 2.59. The van der Waals surface area contributed by atoms with Crippen LogP contribution in [0.4, 0.5) is 0 Å². The second-order valence-electron chi connectivity index (χ2n) is 3.67. The van der Waals surface area contributed by atoms with Crippen LogP contribution in [0, 0.1) is 5.92 Å². The molecule has 0 rings (SSSR count). The minimum atomic E-state index is 0.106. The van der Waals surface area contributed by atoms with Crippen LogP contribution in [-0.4, -0.2) is 12.1 Å². The maximum absolute atomic E-state index is 4.00. The largest absolute Gasteiger partial charge is 0.308 e. The van der Waals surface area contributed by atoms with Gasteiger partial charge < -0.3 is 5.32 Å². The summed E-state index contributed by atoms with van der Waals surface area (Å²) in [7, 11) is 0. The third-order valence-electron chi connectivity index (χ3n) is 2.59. The number of hydrogen-bond acceptors (Lipinski definition) is 1. The molecule has 0 amide bonds. The Morgan fingerprint density at radius 1 is 1.55 bits per heavy atom. The lowest BCUT2D eigenvalue weighted by Crippen LogP contribution is -2.47. The summed E-state index contributed by atoms with van der Waals surface area (Å²) in [4.78, 5) is 0. The molecule has 0 aromatic heterocycles. The third-order valence-corrected chi connectivity index (χ3v) is 2.59. The maximum Gasteiger partial charge on any atom is 0.0383 e. The highest BCUT2D eigenvalue weighted by molar-refractivity contribution is 5.13. The van der Waals surface area contributed by atoms with E-state index in [-0.39, 0.29) is 5.54 Å². The molecule has 0 aliphatic rings. The molecule has 0 unspecified atom stereocenters. The molecule has 0 saturated heterocycles. The van der Waals surface area contributed by atoms with Gasteiger partial charge in [-0.2, -0.15) is 0 Å². The molecule has 1 nitrogen and oxygen atoms in total. The van der Waals surface area contributed by atoms with Gasteiger partial charge in [-0.3, -0.25) is 0 Å². The summed E-state index contributed by atoms with van der Waals surface area (Å²) in [6.07, 6.45) is 0. The Bertz CT molecular complexity index is 138. The summed E-state index contributed by atoms with van der Waals surface area (Å²) in [5.41, 5.74) is 1.32. The molecule has 0 aliphatic carbocycles. The van der Waals surface area contributed by atoms with E-state index in [4.69, 9.17) is 0 Å². The smallest absolute Gasteiger partial charge is 0.0383 e. The van der Waals surface area contributed by atoms with Gasteiger partial charge in [0.05, 0.1) is 0 Å². The van der Waals surface area contributed by atoms with Crippen LogP contribution >= 0.6 is 0 Å². The Labute approximate surface area is 70.9 Å². The third kappa shape index (κ3) is 2.33. The number of rotatable bonds is 4. The van der Waals surface area contributed by atoms with Crippen molar-refractivity contribution in [2.75, 3.05) is 6.54 Å². The molecule has 0 spiro atoms. The highest BCUT2D eigenvalue weighted by atomic mass is 15.0. The van der Waals surface area contributed by atoms with E-state index in [1.807, 2.05) is 0 Å². The van der Waals surface area contributed by atoms with E-state index in [1.54, 1.807) is 0 Å². The topological polar surface area (TPSA) is 12.0 Å². The fourth-order valence-electron chi connectivity index (χ4n) is 1.22. The average Bonchev–Trinajstić information content (AvgIpc) is 1.87. The molecule has 0 radical (unpaired) electrons. The lowest BCUT2D eigenvalue weighted by atomic mass is 9.83. The fraction of sp³-hybridized carbons (Fsp3) is 0.800. The van der Waals surface area contributed by atoms with Crippen molar-refractivity contribution in [1.82, 2.24) is 5.32 Å². The van der Waals surface area contributed by atoms with Crippen LogP contribution in [0.2, 0.25) is 0 Å². The first-order valence-electron chi connectivity index (χ1n) is 4.36. The zero-order valence-electron chi connectivity index (χ0n) is 8.49. The number of nitrogens with one attached hydrogen (secondary N) is 1. The van der Waals surface area contributed by atoms with E-state index in [9.17, 15) is 0 Å². The predicted molar refractivity (Wildman–Crippen MR) is 51.7 cm³/mol. The first kappa shape index (κ1) is 10.7. The number of hydrogen-bond donors (Lipinski definition) is 1. The standard InChI is InChI=1S/C10H21N/c1-7-11-10(6,8(2)3)9(4)5/h9,11H,2,7H2,1,3-6H3/t10-/m0/s1. The quantitative estimate of drug-likeness (QED) is 0.615. The van der Waals surface area contributed by atoms with Gasteiger partial charge in [0.15, 0.2) is 0 Å². The molecule has 1 heteroatoms. The summed E-state index contributed by atoms with van der Waals surface area (Å²) in [5, 5.41) is 3.46. The summed E-state index contributed by atoms with van der Waals surface area (Å²) < 4.78 is 0. The molecule has 66 valence electrons. The van der Waals surface area contributed by atoms with E-state index >= 15 is 0 Å². The maximum atomic E-state index is 4.00. The molecule has 1 atom stereocenters. The highest BCUT2D eigenvalue weighted by Crippen LogP contribution is 2.23. The van der Waals surface area contributed by atoms with Gasteiger partial charge in [-0.25, -0.2) is 0 Å². The van der Waals surface area contributed by atoms with Crippen LogP contribution in [0.15, 0.2) is 12.2 Å². The van der Waals surface area contributed by atoms with Crippen LogP contribution in [0.3, 0.4) is 0 Å². The Kier molecular flexibility index (Phi) is 3.81. The van der Waals surface area contributed by atoms with Gasteiger partial charge in [0, 0.05) is 5.54 Å². The summed E-state index contributed by atoms with van der Waals surface area (Å²) in [6, 6.07) is 0. The van der Waals surface area contributed by atoms with Crippen LogP contribution in [0.5, 0.6) is 0 Å². The molecule has 0 fully saturated rings. The Hall–Kier alpha value is -0.300. The summed E-state index contributed by atoms with van der Waals surface area (Å²) in [6.45, 7) is 15.9. The van der Waals surface area contributed by atoms with Crippen molar-refractivity contribution >= 4 is 0 Å². The van der Waals surface area contributed by atoms with Crippen molar-refractivity contribution < 1.29 is 0 Å². The molecular weight excluding hydrogens is 134 g/mol. The zero-order valence-corrected chi connectivity index (χ0v) is 8.49. The van der Waals surface area contributed by atoms with Crippen molar-refractivity contribution in [2.24, 2.45) is 5.92 Å². The fourth-order valence-corrected chi connectivity index (χ4v) is 1.22. The molecule has 0 aromatic rings. The van der Waals surface area contributed by atoms with E-state index < -0.39 is 0 Å². The van der Waals surface area contributed by atoms with Crippen molar-refractivity contribution in [3.63, 3.8) is 0 Å². The van der Waals surface area contributed by atoms with Gasteiger partial charge in [-0.1, -0.05) is 32.9 Å². The molecule has 0 heterocycles. The van der Waals surface area contributed by atoms with Gasteiger partial charge in [0.1, 0.15) is 0 Å². The molecule has 0 aromatic carbocycles. The van der Waals surface area contributed by atoms with Crippen LogP contribution in [0.25, 0.3) is 0 Å². The van der Waals surface area contributed by atoms with Crippen molar-refractivity contribution in [3.05, 3.63) is 12.2 Å². The lowest BCUT2D eigenvalue weighted by Gasteiger charge is -2.35. The van der Waals surface area contributed by atoms with Gasteiger partial charge in [-0.05, 0) is 26.3 Å². The molecular formula is C10H21N. The number of likely N-dealkylation sites (N-methyl/N-ethyl adjacent to an activating group) is 1. The van der Waals surface area contributed by atoms with Crippen molar-refractivity contribution in [1.29, 1.82) is 0 Å². The van der Waals surface area contributed by atoms with Crippen molar-refractivity contribution in [2.45, 2.75) is 40.2 Å². The Balaban J connectivity index is 4.38. The molecule has 0 bridgehead atoms. The van der Waals surface area contributed by atoms with Gasteiger partial charge >= 0.3 is 0 Å². The molecule has 0 aliphatic heterocycles. The average molecular weight is 155 g/mol. The second kappa shape index (κ2) is 3.91. The SMILES string of the molecule is C=C(C)[C@](C)(NCC)C(C)C. The zero-order chi connectivity index (χ0) is 9.07. The minimum absolute atomic E-state index is 0.106. The van der Waals surface area contributed by atoms with E-state index in [0.29, 0.717) is 5.92 Å². The van der Waals surface area contributed by atoms with E-state index in [1.165, 1.54) is 5.57 Å². The minimum Gasteiger partial charge on any atom is -0.308 e. The first-order valence-corrected chi connectivity index (χ1v) is 4.36. The lowest BCUT2D eigenvalue weighted by molar-refractivity contribution is 0.317. The normalized spacial score (nSPS) is 16.5. The van der Waals surface area contributed by atoms with Crippen LogP contribution in [0.1, 0.15) is 34.6 Å². The first-order chi connectivity index (χ1) is 4.95. The molecule has 0 saturated carbocycles. The molecule has 11 heavy (non-hydrogen) atoms. The second-order valence-corrected chi connectivity index (χ2v) is 3.67. The molecule has 1 N–H and O–H groups in total. The van der Waals surface area contributed by atoms with Gasteiger partial charge in [0.2, 0.25) is 0 Å². The Morgan fingerprint density at radius 2 is 2.00 bits per heavy atom. The summed E-state index contributed by atoms with van der Waals surface area (Å²) >= 11 is 0.